The molecule has 0 spiro atoms. The summed E-state index contributed by atoms with van der Waals surface area (Å²) in [5, 5.41) is 0. The minimum absolute atomic E-state index is 0.0508. The summed E-state index contributed by atoms with van der Waals surface area (Å²) in [5.41, 5.74) is 1.24. The standard InChI is InChI=1S/C17H15NO5S/c1-10-9-13-14(11(2)16(10)23-3)15(19)17(20)18(13)24(21,22)12-7-5-4-6-8-12/h4-9H,1-3H3. The molecule has 0 aliphatic carbocycles. The zero-order valence-electron chi connectivity index (χ0n) is 13.4. The van der Waals surface area contributed by atoms with Gasteiger partial charge in [0.05, 0.1) is 23.3 Å². The number of ether oxygens (including phenoxy) is 1. The number of aryl methyl sites for hydroxylation is 1. The molecule has 1 heterocycles. The van der Waals surface area contributed by atoms with Crippen LogP contribution in [-0.4, -0.2) is 27.2 Å². The molecule has 2 aromatic carbocycles. The molecule has 0 saturated heterocycles. The Morgan fingerprint density at radius 2 is 1.67 bits per heavy atom. The number of hydrogen-bond acceptors (Lipinski definition) is 5. The second-order valence-electron chi connectivity index (χ2n) is 5.46. The van der Waals surface area contributed by atoms with E-state index in [9.17, 15) is 18.0 Å². The first-order valence-electron chi connectivity index (χ1n) is 7.18. The third-order valence-corrected chi connectivity index (χ3v) is 5.70. The molecule has 3 rings (SSSR count). The van der Waals surface area contributed by atoms with Crippen molar-refractivity contribution in [3.05, 3.63) is 53.1 Å². The van der Waals surface area contributed by atoms with E-state index in [0.29, 0.717) is 21.2 Å². The molecule has 124 valence electrons. The highest BCUT2D eigenvalue weighted by Crippen LogP contribution is 2.40. The minimum Gasteiger partial charge on any atom is -0.496 e. The largest absolute Gasteiger partial charge is 0.496 e. The van der Waals surface area contributed by atoms with Gasteiger partial charge in [0.1, 0.15) is 5.75 Å². The second kappa shape index (κ2) is 5.45. The van der Waals surface area contributed by atoms with Crippen LogP contribution in [0.3, 0.4) is 0 Å². The molecule has 0 bridgehead atoms. The summed E-state index contributed by atoms with van der Waals surface area (Å²) < 4.78 is 31.5. The van der Waals surface area contributed by atoms with E-state index in [2.05, 4.69) is 0 Å². The molecular weight excluding hydrogens is 330 g/mol. The lowest BCUT2D eigenvalue weighted by Crippen LogP contribution is -2.35. The van der Waals surface area contributed by atoms with Crippen molar-refractivity contribution in [2.45, 2.75) is 18.7 Å². The number of amides is 1. The summed E-state index contributed by atoms with van der Waals surface area (Å²) in [6.45, 7) is 3.36. The van der Waals surface area contributed by atoms with E-state index in [1.54, 1.807) is 32.0 Å². The van der Waals surface area contributed by atoms with E-state index in [1.807, 2.05) is 0 Å². The number of hydrogen-bond donors (Lipinski definition) is 0. The van der Waals surface area contributed by atoms with Gasteiger partial charge in [0.15, 0.2) is 0 Å². The first-order valence-corrected chi connectivity index (χ1v) is 8.62. The number of benzene rings is 2. The van der Waals surface area contributed by atoms with Crippen LogP contribution in [0.2, 0.25) is 0 Å². The molecule has 1 aliphatic rings. The fourth-order valence-corrected chi connectivity index (χ4v) is 4.37. The van der Waals surface area contributed by atoms with E-state index in [4.69, 9.17) is 4.74 Å². The summed E-state index contributed by atoms with van der Waals surface area (Å²) in [5.74, 6) is -1.46. The molecule has 0 fully saturated rings. The lowest BCUT2D eigenvalue weighted by molar-refractivity contribution is -0.113. The third-order valence-electron chi connectivity index (χ3n) is 3.99. The zero-order valence-corrected chi connectivity index (χ0v) is 14.2. The predicted octanol–water partition coefficient (Wildman–Crippen LogP) is 2.23. The summed E-state index contributed by atoms with van der Waals surface area (Å²) >= 11 is 0. The van der Waals surface area contributed by atoms with Crippen molar-refractivity contribution in [2.75, 3.05) is 11.4 Å². The Morgan fingerprint density at radius 1 is 1.04 bits per heavy atom. The van der Waals surface area contributed by atoms with Crippen molar-refractivity contribution in [3.8, 4) is 5.75 Å². The topological polar surface area (TPSA) is 80.8 Å². The lowest BCUT2D eigenvalue weighted by Gasteiger charge is -2.18. The molecule has 7 heteroatoms. The Balaban J connectivity index is 2.28. The number of fused-ring (bicyclic) bond motifs is 1. The molecule has 0 saturated carbocycles. The highest BCUT2D eigenvalue weighted by atomic mass is 32.2. The van der Waals surface area contributed by atoms with E-state index < -0.39 is 21.7 Å². The summed E-state index contributed by atoms with van der Waals surface area (Å²) in [4.78, 5) is 24.7. The van der Waals surface area contributed by atoms with Crippen LogP contribution in [0.1, 0.15) is 21.5 Å². The number of nitrogens with zero attached hydrogens (tertiary/aromatic N) is 1. The third kappa shape index (κ3) is 2.12. The highest BCUT2D eigenvalue weighted by Gasteiger charge is 2.45. The monoisotopic (exact) mass is 345 g/mol. The highest BCUT2D eigenvalue weighted by molar-refractivity contribution is 7.93. The van der Waals surface area contributed by atoms with Gasteiger partial charge < -0.3 is 4.74 Å². The number of carbonyl (C=O) groups excluding carboxylic acids is 2. The molecule has 0 radical (unpaired) electrons. The summed E-state index contributed by atoms with van der Waals surface area (Å²) in [7, 11) is -2.71. The van der Waals surface area contributed by atoms with E-state index in [-0.39, 0.29) is 16.1 Å². The minimum atomic E-state index is -4.17. The second-order valence-corrected chi connectivity index (χ2v) is 7.25. The van der Waals surface area contributed by atoms with Crippen LogP contribution < -0.4 is 9.04 Å². The quantitative estimate of drug-likeness (QED) is 0.797. The Bertz CT molecular complexity index is 964. The van der Waals surface area contributed by atoms with Crippen molar-refractivity contribution >= 4 is 27.4 Å². The van der Waals surface area contributed by atoms with Crippen molar-refractivity contribution in [3.63, 3.8) is 0 Å². The maximum Gasteiger partial charge on any atom is 0.313 e. The fourth-order valence-electron chi connectivity index (χ4n) is 2.95. The van der Waals surface area contributed by atoms with Crippen molar-refractivity contribution in [2.24, 2.45) is 0 Å². The maximum atomic E-state index is 12.9. The molecule has 0 unspecified atom stereocenters. The normalized spacial score (nSPS) is 14.0. The van der Waals surface area contributed by atoms with Gasteiger partial charge in [-0.3, -0.25) is 9.59 Å². The number of methoxy groups -OCH3 is 1. The van der Waals surface area contributed by atoms with Gasteiger partial charge in [-0.2, -0.15) is 4.31 Å². The number of rotatable bonds is 3. The Kier molecular flexibility index (Phi) is 3.68. The Labute approximate surface area is 139 Å². The average Bonchev–Trinajstić information content (AvgIpc) is 2.80. The number of sulfonamides is 1. The van der Waals surface area contributed by atoms with Gasteiger partial charge in [-0.15, -0.1) is 0 Å². The average molecular weight is 345 g/mol. The van der Waals surface area contributed by atoms with Gasteiger partial charge in [-0.05, 0) is 37.6 Å². The molecule has 1 aliphatic heterocycles. The molecule has 24 heavy (non-hydrogen) atoms. The van der Waals surface area contributed by atoms with Gasteiger partial charge >= 0.3 is 5.91 Å². The van der Waals surface area contributed by atoms with Crippen LogP contribution in [0.25, 0.3) is 0 Å². The SMILES string of the molecule is COc1c(C)cc2c(c1C)C(=O)C(=O)N2S(=O)(=O)c1ccccc1. The number of anilines is 1. The molecule has 2 aromatic rings. The van der Waals surface area contributed by atoms with Crippen LogP contribution in [0.15, 0.2) is 41.3 Å². The number of ketones is 1. The van der Waals surface area contributed by atoms with Gasteiger partial charge in [0, 0.05) is 5.56 Å². The van der Waals surface area contributed by atoms with E-state index in [0.717, 1.165) is 0 Å². The summed E-state index contributed by atoms with van der Waals surface area (Å²) in [6.07, 6.45) is 0. The molecule has 0 atom stereocenters. The predicted molar refractivity (Wildman–Crippen MR) is 87.9 cm³/mol. The van der Waals surface area contributed by atoms with Crippen molar-refractivity contribution in [1.82, 2.24) is 0 Å². The van der Waals surface area contributed by atoms with E-state index in [1.165, 1.54) is 25.3 Å². The van der Waals surface area contributed by atoms with Crippen LogP contribution in [-0.2, 0) is 14.8 Å². The Hall–Kier alpha value is -2.67. The molecule has 0 N–H and O–H groups in total. The van der Waals surface area contributed by atoms with Gasteiger partial charge in [0.2, 0.25) is 0 Å². The van der Waals surface area contributed by atoms with Crippen LogP contribution >= 0.6 is 0 Å². The van der Waals surface area contributed by atoms with Gasteiger partial charge in [0.25, 0.3) is 15.8 Å². The molecule has 0 aromatic heterocycles. The smallest absolute Gasteiger partial charge is 0.313 e. The van der Waals surface area contributed by atoms with Crippen LogP contribution in [0.4, 0.5) is 5.69 Å². The lowest BCUT2D eigenvalue weighted by atomic mass is 10.0. The van der Waals surface area contributed by atoms with Crippen molar-refractivity contribution in [1.29, 1.82) is 0 Å². The van der Waals surface area contributed by atoms with Gasteiger partial charge in [-0.25, -0.2) is 8.42 Å². The van der Waals surface area contributed by atoms with Crippen LogP contribution in [0, 0.1) is 13.8 Å². The molecule has 6 nitrogen and oxygen atoms in total. The molecule has 1 amide bonds. The number of carbonyl (C=O) groups is 2. The van der Waals surface area contributed by atoms with Crippen LogP contribution in [0.5, 0.6) is 5.75 Å². The maximum absolute atomic E-state index is 12.9. The van der Waals surface area contributed by atoms with Crippen molar-refractivity contribution < 1.29 is 22.7 Å². The number of Topliss-reactive ketones (excluding diaryl/α,β-unsaturated/α-hetero) is 1. The first kappa shape index (κ1) is 16.2. The fraction of sp³-hybridized carbons (Fsp3) is 0.176. The summed E-state index contributed by atoms with van der Waals surface area (Å²) in [6, 6.07) is 9.04. The Morgan fingerprint density at radius 3 is 2.25 bits per heavy atom. The van der Waals surface area contributed by atoms with E-state index >= 15 is 0 Å². The van der Waals surface area contributed by atoms with Gasteiger partial charge in [-0.1, -0.05) is 18.2 Å². The zero-order chi connectivity index (χ0) is 17.6. The first-order chi connectivity index (χ1) is 11.3. The molecular formula is C17H15NO5S.